The zero-order valence-corrected chi connectivity index (χ0v) is 12.7. The summed E-state index contributed by atoms with van der Waals surface area (Å²) in [7, 11) is 1.66. The standard InChI is InChI=1S/C15H24N2OS/c1-3-4-5-6-7-11-16-15(19)17-13-9-8-10-14(12-13)18-2/h8-10,12H,3-7,11H2,1-2H3,(H2,16,17,19). The lowest BCUT2D eigenvalue weighted by atomic mass is 10.1. The van der Waals surface area contributed by atoms with Crippen molar-refractivity contribution in [2.75, 3.05) is 19.0 Å². The highest BCUT2D eigenvalue weighted by Gasteiger charge is 1.98. The summed E-state index contributed by atoms with van der Waals surface area (Å²) < 4.78 is 5.17. The Balaban J connectivity index is 2.19. The van der Waals surface area contributed by atoms with Crippen LogP contribution in [0.2, 0.25) is 0 Å². The number of methoxy groups -OCH3 is 1. The second-order valence-corrected chi connectivity index (χ2v) is 4.94. The Labute approximate surface area is 121 Å². The number of ether oxygens (including phenoxy) is 1. The molecule has 0 atom stereocenters. The lowest BCUT2D eigenvalue weighted by Gasteiger charge is -2.11. The van der Waals surface area contributed by atoms with Gasteiger partial charge in [-0.1, -0.05) is 38.7 Å². The number of benzene rings is 1. The molecule has 0 aliphatic heterocycles. The van der Waals surface area contributed by atoms with E-state index < -0.39 is 0 Å². The largest absolute Gasteiger partial charge is 0.497 e. The van der Waals surface area contributed by atoms with Gasteiger partial charge in [-0.15, -0.1) is 0 Å². The van der Waals surface area contributed by atoms with Crippen molar-refractivity contribution in [3.05, 3.63) is 24.3 Å². The molecule has 4 heteroatoms. The molecule has 0 aromatic heterocycles. The van der Waals surface area contributed by atoms with Crippen LogP contribution in [0.15, 0.2) is 24.3 Å². The van der Waals surface area contributed by atoms with Crippen molar-refractivity contribution < 1.29 is 4.74 Å². The fraction of sp³-hybridized carbons (Fsp3) is 0.533. The van der Waals surface area contributed by atoms with E-state index in [1.165, 1.54) is 32.1 Å². The second-order valence-electron chi connectivity index (χ2n) is 4.53. The zero-order chi connectivity index (χ0) is 13.9. The first-order chi connectivity index (χ1) is 9.26. The van der Waals surface area contributed by atoms with Crippen LogP contribution in [0, 0.1) is 0 Å². The molecule has 0 aliphatic carbocycles. The normalized spacial score (nSPS) is 10.0. The molecule has 19 heavy (non-hydrogen) atoms. The van der Waals surface area contributed by atoms with Gasteiger partial charge in [-0.3, -0.25) is 0 Å². The number of thiocarbonyl (C=S) groups is 1. The Morgan fingerprint density at radius 2 is 2.00 bits per heavy atom. The van der Waals surface area contributed by atoms with Crippen LogP contribution in [0.25, 0.3) is 0 Å². The highest BCUT2D eigenvalue weighted by atomic mass is 32.1. The summed E-state index contributed by atoms with van der Waals surface area (Å²) >= 11 is 5.25. The first-order valence-corrected chi connectivity index (χ1v) is 7.36. The Kier molecular flexibility index (Phi) is 7.98. The van der Waals surface area contributed by atoms with Crippen molar-refractivity contribution in [3.8, 4) is 5.75 Å². The number of hydrogen-bond acceptors (Lipinski definition) is 2. The Bertz CT molecular complexity index is 382. The third kappa shape index (κ3) is 7.01. The van der Waals surface area contributed by atoms with E-state index in [0.29, 0.717) is 5.11 Å². The average molecular weight is 280 g/mol. The van der Waals surface area contributed by atoms with Gasteiger partial charge in [-0.2, -0.15) is 0 Å². The summed E-state index contributed by atoms with van der Waals surface area (Å²) in [6.07, 6.45) is 6.35. The van der Waals surface area contributed by atoms with Gasteiger partial charge in [-0.25, -0.2) is 0 Å². The van der Waals surface area contributed by atoms with Gasteiger partial charge < -0.3 is 15.4 Å². The molecule has 1 rings (SSSR count). The van der Waals surface area contributed by atoms with E-state index in [2.05, 4.69) is 17.6 Å². The average Bonchev–Trinajstić information content (AvgIpc) is 2.43. The van der Waals surface area contributed by atoms with Gasteiger partial charge in [0, 0.05) is 18.3 Å². The molecule has 1 aromatic carbocycles. The SMILES string of the molecule is CCCCCCCNC(=S)Nc1cccc(OC)c1. The molecule has 0 heterocycles. The maximum Gasteiger partial charge on any atom is 0.170 e. The van der Waals surface area contributed by atoms with Crippen LogP contribution in [-0.4, -0.2) is 18.8 Å². The fourth-order valence-corrected chi connectivity index (χ4v) is 2.03. The predicted molar refractivity (Wildman–Crippen MR) is 86.0 cm³/mol. The number of nitrogens with one attached hydrogen (secondary N) is 2. The summed E-state index contributed by atoms with van der Waals surface area (Å²) in [4.78, 5) is 0. The van der Waals surface area contributed by atoms with E-state index in [0.717, 1.165) is 18.0 Å². The number of anilines is 1. The molecule has 0 spiro atoms. The minimum absolute atomic E-state index is 0.670. The molecule has 0 unspecified atom stereocenters. The molecule has 0 saturated carbocycles. The maximum atomic E-state index is 5.25. The molecule has 0 aliphatic rings. The van der Waals surface area contributed by atoms with Gasteiger partial charge in [0.05, 0.1) is 7.11 Å². The maximum absolute atomic E-state index is 5.25. The van der Waals surface area contributed by atoms with Crippen LogP contribution in [0.3, 0.4) is 0 Å². The van der Waals surface area contributed by atoms with Crippen LogP contribution in [0.4, 0.5) is 5.69 Å². The van der Waals surface area contributed by atoms with E-state index in [9.17, 15) is 0 Å². The molecule has 106 valence electrons. The topological polar surface area (TPSA) is 33.3 Å². The highest BCUT2D eigenvalue weighted by Crippen LogP contribution is 2.16. The van der Waals surface area contributed by atoms with Crippen molar-refractivity contribution in [2.24, 2.45) is 0 Å². The van der Waals surface area contributed by atoms with Gasteiger partial charge in [0.2, 0.25) is 0 Å². The molecular weight excluding hydrogens is 256 g/mol. The summed E-state index contributed by atoms with van der Waals surface area (Å²) in [6.45, 7) is 3.16. The quantitative estimate of drug-likeness (QED) is 0.558. The smallest absolute Gasteiger partial charge is 0.170 e. The summed E-state index contributed by atoms with van der Waals surface area (Å²) in [5.41, 5.74) is 0.947. The van der Waals surface area contributed by atoms with E-state index in [1.807, 2.05) is 24.3 Å². The van der Waals surface area contributed by atoms with E-state index in [4.69, 9.17) is 17.0 Å². The van der Waals surface area contributed by atoms with Crippen molar-refractivity contribution >= 4 is 23.0 Å². The Morgan fingerprint density at radius 1 is 1.21 bits per heavy atom. The van der Waals surface area contributed by atoms with Gasteiger partial charge in [0.1, 0.15) is 5.75 Å². The van der Waals surface area contributed by atoms with E-state index >= 15 is 0 Å². The molecule has 0 radical (unpaired) electrons. The summed E-state index contributed by atoms with van der Waals surface area (Å²) in [5.74, 6) is 0.826. The molecule has 0 saturated heterocycles. The van der Waals surface area contributed by atoms with Gasteiger partial charge in [-0.05, 0) is 30.8 Å². The third-order valence-corrected chi connectivity index (χ3v) is 3.14. The third-order valence-electron chi connectivity index (χ3n) is 2.89. The summed E-state index contributed by atoms with van der Waals surface area (Å²) in [6, 6.07) is 7.75. The molecular formula is C15H24N2OS. The van der Waals surface area contributed by atoms with Gasteiger partial charge in [0.15, 0.2) is 5.11 Å². The monoisotopic (exact) mass is 280 g/mol. The van der Waals surface area contributed by atoms with Crippen LogP contribution in [0.1, 0.15) is 39.0 Å². The van der Waals surface area contributed by atoms with Gasteiger partial charge in [0.25, 0.3) is 0 Å². The Morgan fingerprint density at radius 3 is 2.74 bits per heavy atom. The molecule has 1 aromatic rings. The number of rotatable bonds is 8. The van der Waals surface area contributed by atoms with Crippen LogP contribution < -0.4 is 15.4 Å². The van der Waals surface area contributed by atoms with Crippen LogP contribution >= 0.6 is 12.2 Å². The van der Waals surface area contributed by atoms with Crippen molar-refractivity contribution in [1.82, 2.24) is 5.32 Å². The first-order valence-electron chi connectivity index (χ1n) is 6.95. The number of hydrogen-bond donors (Lipinski definition) is 2. The second kappa shape index (κ2) is 9.62. The van der Waals surface area contributed by atoms with Crippen molar-refractivity contribution in [1.29, 1.82) is 0 Å². The van der Waals surface area contributed by atoms with E-state index in [-0.39, 0.29) is 0 Å². The highest BCUT2D eigenvalue weighted by molar-refractivity contribution is 7.80. The fourth-order valence-electron chi connectivity index (χ4n) is 1.81. The zero-order valence-electron chi connectivity index (χ0n) is 11.9. The lowest BCUT2D eigenvalue weighted by Crippen LogP contribution is -2.29. The summed E-state index contributed by atoms with van der Waals surface area (Å²) in [5, 5.41) is 7.05. The minimum atomic E-state index is 0.670. The van der Waals surface area contributed by atoms with E-state index in [1.54, 1.807) is 7.11 Å². The first kappa shape index (κ1) is 15.8. The van der Waals surface area contributed by atoms with Gasteiger partial charge >= 0.3 is 0 Å². The van der Waals surface area contributed by atoms with Crippen molar-refractivity contribution in [3.63, 3.8) is 0 Å². The predicted octanol–water partition coefficient (Wildman–Crippen LogP) is 3.95. The van der Waals surface area contributed by atoms with Crippen molar-refractivity contribution in [2.45, 2.75) is 39.0 Å². The van der Waals surface area contributed by atoms with Crippen LogP contribution in [-0.2, 0) is 0 Å². The lowest BCUT2D eigenvalue weighted by molar-refractivity contribution is 0.415. The molecule has 0 amide bonds. The number of unbranched alkanes of at least 4 members (excludes halogenated alkanes) is 4. The molecule has 0 fully saturated rings. The molecule has 2 N–H and O–H groups in total. The van der Waals surface area contributed by atoms with Crippen LogP contribution in [0.5, 0.6) is 5.75 Å². The molecule has 3 nitrogen and oxygen atoms in total. The molecule has 0 bridgehead atoms. The Hall–Kier alpha value is -1.29. The minimum Gasteiger partial charge on any atom is -0.497 e.